The summed E-state index contributed by atoms with van der Waals surface area (Å²) in [5.74, 6) is 0.981. The molecule has 0 bridgehead atoms. The zero-order valence-electron chi connectivity index (χ0n) is 11.1. The topological polar surface area (TPSA) is 62.2 Å². The van der Waals surface area contributed by atoms with Crippen molar-refractivity contribution in [3.05, 3.63) is 30.5 Å². The quantitative estimate of drug-likeness (QED) is 0.882. The zero-order valence-corrected chi connectivity index (χ0v) is 11.9. The number of hydrogen-bond donors (Lipinski definition) is 2. The lowest BCUT2D eigenvalue weighted by Crippen LogP contribution is -2.15. The predicted octanol–water partition coefficient (Wildman–Crippen LogP) is 2.51. The third kappa shape index (κ3) is 3.44. The molecule has 1 heterocycles. The van der Waals surface area contributed by atoms with Gasteiger partial charge in [0.15, 0.2) is 0 Å². The van der Waals surface area contributed by atoms with E-state index in [-0.39, 0.29) is 11.0 Å². The van der Waals surface area contributed by atoms with Crippen LogP contribution in [0.3, 0.4) is 0 Å². The number of aromatic hydroxyl groups is 1. The lowest BCUT2D eigenvalue weighted by atomic mass is 10.1. The molecule has 2 N–H and O–H groups in total. The molecular weight excluding hydrogens is 260 g/mol. The Morgan fingerprint density at radius 3 is 2.95 bits per heavy atom. The summed E-state index contributed by atoms with van der Waals surface area (Å²) in [4.78, 5) is 4.29. The summed E-state index contributed by atoms with van der Waals surface area (Å²) in [5.41, 5.74) is 0. The average Bonchev–Trinajstić information content (AvgIpc) is 2.39. The lowest BCUT2D eigenvalue weighted by Gasteiger charge is -2.11. The van der Waals surface area contributed by atoms with E-state index in [9.17, 15) is 9.32 Å². The molecule has 19 heavy (non-hydrogen) atoms. The Bertz CT molecular complexity index is 601. The van der Waals surface area contributed by atoms with Crippen molar-refractivity contribution in [2.45, 2.75) is 18.6 Å². The van der Waals surface area contributed by atoms with Gasteiger partial charge in [0.1, 0.15) is 11.6 Å². The molecule has 2 aromatic rings. The molecule has 102 valence electrons. The van der Waals surface area contributed by atoms with Gasteiger partial charge in [-0.25, -0.2) is 4.98 Å². The standard InChI is InChI=1S/C14H18N2O2S/c1-10(19(2)18)5-7-15-14-13-9-12(17)4-3-11(13)6-8-16-14/h3-4,6,8-10,17H,5,7H2,1-2H3,(H,15,16). The number of phenolic OH excluding ortho intramolecular Hbond substituents is 1. The van der Waals surface area contributed by atoms with Gasteiger partial charge in [-0.05, 0) is 30.0 Å². The maximum atomic E-state index is 11.3. The van der Waals surface area contributed by atoms with Crippen LogP contribution in [-0.2, 0) is 10.8 Å². The summed E-state index contributed by atoms with van der Waals surface area (Å²) < 4.78 is 11.3. The number of aromatic nitrogens is 1. The van der Waals surface area contributed by atoms with Crippen LogP contribution in [-0.4, -0.2) is 32.3 Å². The van der Waals surface area contributed by atoms with Crippen LogP contribution in [0, 0.1) is 0 Å². The fourth-order valence-electron chi connectivity index (χ4n) is 1.86. The summed E-state index contributed by atoms with van der Waals surface area (Å²) in [6.07, 6.45) is 4.28. The molecule has 0 radical (unpaired) electrons. The number of hydrogen-bond acceptors (Lipinski definition) is 4. The van der Waals surface area contributed by atoms with Crippen LogP contribution >= 0.6 is 0 Å². The molecule has 0 aliphatic heterocycles. The molecule has 2 rings (SSSR count). The first kappa shape index (κ1) is 13.8. The van der Waals surface area contributed by atoms with Crippen molar-refractivity contribution in [1.29, 1.82) is 0 Å². The summed E-state index contributed by atoms with van der Waals surface area (Å²) in [5, 5.41) is 14.9. The molecule has 0 fully saturated rings. The molecule has 2 atom stereocenters. The highest BCUT2D eigenvalue weighted by Gasteiger charge is 2.07. The van der Waals surface area contributed by atoms with E-state index < -0.39 is 10.8 Å². The molecule has 1 aromatic carbocycles. The highest BCUT2D eigenvalue weighted by molar-refractivity contribution is 7.84. The Morgan fingerprint density at radius 2 is 2.21 bits per heavy atom. The van der Waals surface area contributed by atoms with E-state index in [0.29, 0.717) is 6.54 Å². The Morgan fingerprint density at radius 1 is 1.42 bits per heavy atom. The molecule has 0 aliphatic rings. The van der Waals surface area contributed by atoms with Crippen molar-refractivity contribution in [2.75, 3.05) is 18.1 Å². The minimum absolute atomic E-state index is 0.163. The first-order valence-electron chi connectivity index (χ1n) is 6.22. The molecule has 0 aliphatic carbocycles. The van der Waals surface area contributed by atoms with Gasteiger partial charge in [-0.1, -0.05) is 13.0 Å². The normalized spacial score (nSPS) is 14.2. The molecular formula is C14H18N2O2S. The van der Waals surface area contributed by atoms with Crippen LogP contribution in [0.25, 0.3) is 10.8 Å². The molecule has 0 amide bonds. The third-order valence-corrected chi connectivity index (χ3v) is 4.53. The van der Waals surface area contributed by atoms with Crippen molar-refractivity contribution >= 4 is 27.4 Å². The van der Waals surface area contributed by atoms with Crippen molar-refractivity contribution in [1.82, 2.24) is 4.98 Å². The number of anilines is 1. The van der Waals surface area contributed by atoms with Gasteiger partial charge in [0.05, 0.1) is 0 Å². The molecule has 4 nitrogen and oxygen atoms in total. The SMILES string of the molecule is CC(CCNc1nccc2ccc(O)cc12)S(C)=O. The van der Waals surface area contributed by atoms with Gasteiger partial charge in [0, 0.05) is 40.4 Å². The fraction of sp³-hybridized carbons (Fsp3) is 0.357. The smallest absolute Gasteiger partial charge is 0.133 e. The number of pyridine rings is 1. The molecule has 1 aromatic heterocycles. The highest BCUT2D eigenvalue weighted by Crippen LogP contribution is 2.25. The maximum Gasteiger partial charge on any atom is 0.133 e. The summed E-state index contributed by atoms with van der Waals surface area (Å²) >= 11 is 0. The Kier molecular flexibility index (Phi) is 4.37. The maximum absolute atomic E-state index is 11.3. The van der Waals surface area contributed by atoms with Crippen molar-refractivity contribution < 1.29 is 9.32 Å². The van der Waals surface area contributed by atoms with E-state index >= 15 is 0 Å². The average molecular weight is 278 g/mol. The van der Waals surface area contributed by atoms with Crippen LogP contribution in [0.1, 0.15) is 13.3 Å². The van der Waals surface area contributed by atoms with Crippen LogP contribution < -0.4 is 5.32 Å². The summed E-state index contributed by atoms with van der Waals surface area (Å²) in [6, 6.07) is 7.13. The Labute approximate surface area is 115 Å². The van der Waals surface area contributed by atoms with E-state index in [0.717, 1.165) is 23.0 Å². The number of nitrogens with one attached hydrogen (secondary N) is 1. The summed E-state index contributed by atoms with van der Waals surface area (Å²) in [7, 11) is -0.799. The number of nitrogens with zero attached hydrogens (tertiary/aromatic N) is 1. The monoisotopic (exact) mass is 278 g/mol. The van der Waals surface area contributed by atoms with Gasteiger partial charge < -0.3 is 10.4 Å². The largest absolute Gasteiger partial charge is 0.508 e. The number of rotatable bonds is 5. The van der Waals surface area contributed by atoms with Gasteiger partial charge in [-0.2, -0.15) is 0 Å². The van der Waals surface area contributed by atoms with E-state index in [1.807, 2.05) is 19.1 Å². The predicted molar refractivity (Wildman–Crippen MR) is 80.0 cm³/mol. The second-order valence-electron chi connectivity index (χ2n) is 4.59. The van der Waals surface area contributed by atoms with Crippen molar-refractivity contribution in [2.24, 2.45) is 0 Å². The van der Waals surface area contributed by atoms with Crippen LogP contribution in [0.5, 0.6) is 5.75 Å². The number of benzene rings is 1. The van der Waals surface area contributed by atoms with E-state index in [2.05, 4.69) is 10.3 Å². The third-order valence-electron chi connectivity index (χ3n) is 3.16. The number of phenols is 1. The van der Waals surface area contributed by atoms with E-state index in [1.54, 1.807) is 24.6 Å². The van der Waals surface area contributed by atoms with Crippen molar-refractivity contribution in [3.8, 4) is 5.75 Å². The van der Waals surface area contributed by atoms with E-state index in [4.69, 9.17) is 0 Å². The van der Waals surface area contributed by atoms with Gasteiger partial charge >= 0.3 is 0 Å². The van der Waals surface area contributed by atoms with Crippen LogP contribution in [0.4, 0.5) is 5.82 Å². The van der Waals surface area contributed by atoms with Gasteiger partial charge in [0.2, 0.25) is 0 Å². The molecule has 0 saturated heterocycles. The second kappa shape index (κ2) is 6.02. The lowest BCUT2D eigenvalue weighted by molar-refractivity contribution is 0.476. The first-order chi connectivity index (χ1) is 9.08. The fourth-order valence-corrected chi connectivity index (χ4v) is 2.31. The molecule has 2 unspecified atom stereocenters. The van der Waals surface area contributed by atoms with E-state index in [1.165, 1.54) is 0 Å². The van der Waals surface area contributed by atoms with Gasteiger partial charge in [-0.15, -0.1) is 0 Å². The molecule has 0 saturated carbocycles. The van der Waals surface area contributed by atoms with Crippen LogP contribution in [0.15, 0.2) is 30.5 Å². The van der Waals surface area contributed by atoms with Gasteiger partial charge in [0.25, 0.3) is 0 Å². The Hall–Kier alpha value is -1.62. The first-order valence-corrected chi connectivity index (χ1v) is 7.84. The number of fused-ring (bicyclic) bond motifs is 1. The highest BCUT2D eigenvalue weighted by atomic mass is 32.2. The van der Waals surface area contributed by atoms with Crippen molar-refractivity contribution in [3.63, 3.8) is 0 Å². The second-order valence-corrected chi connectivity index (χ2v) is 6.39. The molecule has 5 heteroatoms. The Balaban J connectivity index is 2.12. The zero-order chi connectivity index (χ0) is 13.8. The van der Waals surface area contributed by atoms with Gasteiger partial charge in [-0.3, -0.25) is 4.21 Å². The minimum atomic E-state index is -0.799. The summed E-state index contributed by atoms with van der Waals surface area (Å²) in [6.45, 7) is 2.68. The molecule has 0 spiro atoms. The minimum Gasteiger partial charge on any atom is -0.508 e. The van der Waals surface area contributed by atoms with Crippen LogP contribution in [0.2, 0.25) is 0 Å².